The smallest absolute Gasteiger partial charge is 0.0510 e. The van der Waals surface area contributed by atoms with Crippen molar-refractivity contribution in [2.45, 2.75) is 25.3 Å². The summed E-state index contributed by atoms with van der Waals surface area (Å²) in [5.74, 6) is 6.38. The van der Waals surface area contributed by atoms with Gasteiger partial charge in [-0.15, -0.1) is 0 Å². The zero-order valence-electron chi connectivity index (χ0n) is 10.6. The SMILES string of the molecule is NNC(c1cscc1Br)C1CCc2ccccc2C1. The molecule has 1 heterocycles. The second-order valence-corrected chi connectivity index (χ2v) is 6.69. The molecule has 1 aliphatic rings. The van der Waals surface area contributed by atoms with Crippen LogP contribution in [0, 0.1) is 5.92 Å². The number of hydrazine groups is 1. The Kier molecular flexibility index (Phi) is 4.03. The Morgan fingerprint density at radius 3 is 2.74 bits per heavy atom. The Morgan fingerprint density at radius 2 is 2.05 bits per heavy atom. The molecule has 2 aromatic rings. The van der Waals surface area contributed by atoms with Crippen LogP contribution in [0.4, 0.5) is 0 Å². The van der Waals surface area contributed by atoms with Gasteiger partial charge in [-0.3, -0.25) is 11.3 Å². The van der Waals surface area contributed by atoms with E-state index in [1.54, 1.807) is 11.3 Å². The van der Waals surface area contributed by atoms with E-state index in [0.29, 0.717) is 5.92 Å². The Bertz CT molecular complexity index is 567. The first-order valence-corrected chi connectivity index (χ1v) is 8.27. The average Bonchev–Trinajstić information content (AvgIpc) is 2.86. The zero-order valence-corrected chi connectivity index (χ0v) is 13.0. The molecule has 100 valence electrons. The first-order chi connectivity index (χ1) is 9.29. The predicted octanol–water partition coefficient (Wildman–Crippen LogP) is 3.82. The van der Waals surface area contributed by atoms with Gasteiger partial charge in [0, 0.05) is 9.85 Å². The van der Waals surface area contributed by atoms with Crippen LogP contribution in [0.2, 0.25) is 0 Å². The second kappa shape index (κ2) is 5.75. The highest BCUT2D eigenvalue weighted by Gasteiger charge is 2.28. The molecule has 0 aliphatic heterocycles. The normalized spacial score (nSPS) is 20.0. The molecular weight excluding hydrogens is 320 g/mol. The Balaban J connectivity index is 1.85. The topological polar surface area (TPSA) is 38.0 Å². The number of thiophene rings is 1. The molecule has 2 unspecified atom stereocenters. The van der Waals surface area contributed by atoms with Gasteiger partial charge in [0.15, 0.2) is 0 Å². The number of rotatable bonds is 3. The van der Waals surface area contributed by atoms with Crippen LogP contribution in [-0.4, -0.2) is 0 Å². The number of aryl methyl sites for hydroxylation is 1. The van der Waals surface area contributed by atoms with Crippen molar-refractivity contribution in [2.24, 2.45) is 11.8 Å². The van der Waals surface area contributed by atoms with Gasteiger partial charge in [0.05, 0.1) is 6.04 Å². The van der Waals surface area contributed by atoms with Crippen molar-refractivity contribution in [1.29, 1.82) is 0 Å². The summed E-state index contributed by atoms with van der Waals surface area (Å²) < 4.78 is 1.17. The summed E-state index contributed by atoms with van der Waals surface area (Å²) in [5.41, 5.74) is 7.29. The number of benzene rings is 1. The van der Waals surface area contributed by atoms with Gasteiger partial charge in [-0.05, 0) is 63.2 Å². The summed E-state index contributed by atoms with van der Waals surface area (Å²) in [4.78, 5) is 0. The van der Waals surface area contributed by atoms with Gasteiger partial charge >= 0.3 is 0 Å². The van der Waals surface area contributed by atoms with Gasteiger partial charge in [-0.2, -0.15) is 11.3 Å². The lowest BCUT2D eigenvalue weighted by atomic mass is 9.78. The summed E-state index contributed by atoms with van der Waals surface area (Å²) in [7, 11) is 0. The molecule has 0 fully saturated rings. The van der Waals surface area contributed by atoms with Crippen LogP contribution >= 0.6 is 27.3 Å². The predicted molar refractivity (Wildman–Crippen MR) is 84.0 cm³/mol. The summed E-state index contributed by atoms with van der Waals surface area (Å²) in [6, 6.07) is 8.99. The summed E-state index contributed by atoms with van der Waals surface area (Å²) >= 11 is 5.34. The van der Waals surface area contributed by atoms with E-state index in [1.807, 2.05) is 0 Å². The van der Waals surface area contributed by atoms with Crippen LogP contribution in [0.25, 0.3) is 0 Å². The monoisotopic (exact) mass is 336 g/mol. The van der Waals surface area contributed by atoms with Gasteiger partial charge in [0.1, 0.15) is 0 Å². The maximum atomic E-state index is 5.82. The molecule has 0 amide bonds. The van der Waals surface area contributed by atoms with Crippen LogP contribution in [0.15, 0.2) is 39.5 Å². The Labute approximate surface area is 126 Å². The quantitative estimate of drug-likeness (QED) is 0.660. The fourth-order valence-electron chi connectivity index (χ4n) is 3.00. The molecule has 2 nitrogen and oxygen atoms in total. The van der Waals surface area contributed by atoms with E-state index < -0.39 is 0 Å². The summed E-state index contributed by atoms with van der Waals surface area (Å²) in [5, 5.41) is 4.31. The minimum Gasteiger partial charge on any atom is -0.271 e. The third kappa shape index (κ3) is 2.63. The van der Waals surface area contributed by atoms with Crippen LogP contribution in [-0.2, 0) is 12.8 Å². The number of nitrogens with two attached hydrogens (primary N) is 1. The van der Waals surface area contributed by atoms with Crippen LogP contribution < -0.4 is 11.3 Å². The van der Waals surface area contributed by atoms with E-state index in [-0.39, 0.29) is 6.04 Å². The fraction of sp³-hybridized carbons (Fsp3) is 0.333. The zero-order chi connectivity index (χ0) is 13.2. The Hall–Kier alpha value is -0.680. The molecule has 0 saturated carbocycles. The number of fused-ring (bicyclic) bond motifs is 1. The van der Waals surface area contributed by atoms with Crippen molar-refractivity contribution < 1.29 is 0 Å². The second-order valence-electron chi connectivity index (χ2n) is 5.09. The maximum absolute atomic E-state index is 5.82. The van der Waals surface area contributed by atoms with Crippen LogP contribution in [0.1, 0.15) is 29.2 Å². The Morgan fingerprint density at radius 1 is 1.26 bits per heavy atom. The van der Waals surface area contributed by atoms with Crippen molar-refractivity contribution in [1.82, 2.24) is 5.43 Å². The average molecular weight is 337 g/mol. The molecule has 0 saturated heterocycles. The van der Waals surface area contributed by atoms with Crippen molar-refractivity contribution >= 4 is 27.3 Å². The van der Waals surface area contributed by atoms with Gasteiger partial charge < -0.3 is 0 Å². The third-order valence-electron chi connectivity index (χ3n) is 4.01. The van der Waals surface area contributed by atoms with Crippen LogP contribution in [0.3, 0.4) is 0 Å². The molecule has 3 N–H and O–H groups in total. The van der Waals surface area contributed by atoms with Gasteiger partial charge in [0.25, 0.3) is 0 Å². The molecule has 1 aliphatic carbocycles. The minimum atomic E-state index is 0.231. The third-order valence-corrected chi connectivity index (χ3v) is 5.76. The van der Waals surface area contributed by atoms with E-state index in [0.717, 1.165) is 12.8 Å². The standard InChI is InChI=1S/C15H17BrN2S/c16-14-9-19-8-13(14)15(18-17)12-6-5-10-3-1-2-4-11(10)7-12/h1-4,8-9,12,15,18H,5-7,17H2. The molecule has 1 aromatic heterocycles. The largest absolute Gasteiger partial charge is 0.271 e. The lowest BCUT2D eigenvalue weighted by Gasteiger charge is -2.31. The highest BCUT2D eigenvalue weighted by molar-refractivity contribution is 9.10. The van der Waals surface area contributed by atoms with Crippen LogP contribution in [0.5, 0.6) is 0 Å². The van der Waals surface area contributed by atoms with Gasteiger partial charge in [-0.25, -0.2) is 0 Å². The lowest BCUT2D eigenvalue weighted by molar-refractivity contribution is 0.329. The van der Waals surface area contributed by atoms with Gasteiger partial charge in [0.2, 0.25) is 0 Å². The molecule has 2 atom stereocenters. The first kappa shape index (κ1) is 13.3. The number of nitrogens with one attached hydrogen (secondary N) is 1. The molecule has 0 bridgehead atoms. The number of hydrogen-bond acceptors (Lipinski definition) is 3. The molecule has 0 spiro atoms. The van der Waals surface area contributed by atoms with Crippen molar-refractivity contribution in [3.05, 3.63) is 56.2 Å². The lowest BCUT2D eigenvalue weighted by Crippen LogP contribution is -2.36. The van der Waals surface area contributed by atoms with E-state index in [1.165, 1.54) is 27.6 Å². The molecule has 19 heavy (non-hydrogen) atoms. The number of hydrogen-bond donors (Lipinski definition) is 2. The number of halogens is 1. The molecule has 4 heteroatoms. The molecule has 1 aromatic carbocycles. The molecule has 3 rings (SSSR count). The van der Waals surface area contributed by atoms with E-state index in [9.17, 15) is 0 Å². The van der Waals surface area contributed by atoms with E-state index in [4.69, 9.17) is 5.84 Å². The summed E-state index contributed by atoms with van der Waals surface area (Å²) in [6.45, 7) is 0. The molecular formula is C15H17BrN2S. The van der Waals surface area contributed by atoms with Crippen molar-refractivity contribution in [2.75, 3.05) is 0 Å². The summed E-state index contributed by atoms with van der Waals surface area (Å²) in [6.07, 6.45) is 3.45. The van der Waals surface area contributed by atoms with Gasteiger partial charge in [-0.1, -0.05) is 24.3 Å². The van der Waals surface area contributed by atoms with Crippen molar-refractivity contribution in [3.63, 3.8) is 0 Å². The minimum absolute atomic E-state index is 0.231. The van der Waals surface area contributed by atoms with E-state index >= 15 is 0 Å². The maximum Gasteiger partial charge on any atom is 0.0510 e. The van der Waals surface area contributed by atoms with Crippen molar-refractivity contribution in [3.8, 4) is 0 Å². The fourth-order valence-corrected chi connectivity index (χ4v) is 4.58. The van der Waals surface area contributed by atoms with E-state index in [2.05, 4.69) is 56.4 Å². The highest BCUT2D eigenvalue weighted by Crippen LogP contribution is 2.37. The first-order valence-electron chi connectivity index (χ1n) is 6.54. The molecule has 0 radical (unpaired) electrons. The highest BCUT2D eigenvalue weighted by atomic mass is 79.9.